The van der Waals surface area contributed by atoms with E-state index >= 15 is 0 Å². The zero-order valence-corrected chi connectivity index (χ0v) is 6.18. The van der Waals surface area contributed by atoms with Crippen molar-refractivity contribution in [3.63, 3.8) is 0 Å². The maximum absolute atomic E-state index is 8.52. The molecule has 0 unspecified atom stereocenters. The molecule has 0 aliphatic carbocycles. The van der Waals surface area contributed by atoms with Crippen LogP contribution in [-0.2, 0) is 0 Å². The van der Waals surface area contributed by atoms with Crippen LogP contribution in [0.2, 0.25) is 5.15 Å². The molecule has 1 aromatic heterocycles. The highest BCUT2D eigenvalue weighted by Gasteiger charge is 2.01. The maximum Gasteiger partial charge on any atom is 0.147 e. The molecule has 0 amide bonds. The number of nitrogens with zero attached hydrogens (tertiary/aromatic N) is 2. The van der Waals surface area contributed by atoms with Crippen molar-refractivity contribution in [3.8, 4) is 6.07 Å². The first-order chi connectivity index (χ1) is 4.75. The zero-order chi connectivity index (χ0) is 7.56. The Kier molecular flexibility index (Phi) is 1.88. The van der Waals surface area contributed by atoms with Crippen LogP contribution in [0.15, 0.2) is 12.3 Å². The van der Waals surface area contributed by atoms with Crippen molar-refractivity contribution in [1.29, 1.82) is 5.26 Å². The van der Waals surface area contributed by atoms with Crippen molar-refractivity contribution in [2.24, 2.45) is 0 Å². The third-order valence-corrected chi connectivity index (χ3v) is 1.51. The first-order valence-corrected chi connectivity index (χ1v) is 3.14. The highest BCUT2D eigenvalue weighted by molar-refractivity contribution is 6.30. The van der Waals surface area contributed by atoms with Gasteiger partial charge in [-0.15, -0.1) is 0 Å². The van der Waals surface area contributed by atoms with E-state index in [4.69, 9.17) is 16.9 Å². The minimum absolute atomic E-state index is 0.280. The summed E-state index contributed by atoms with van der Waals surface area (Å²) in [7, 11) is 0. The first kappa shape index (κ1) is 7.04. The average Bonchev–Trinajstić information content (AvgIpc) is 1.88. The number of aryl methyl sites for hydroxylation is 1. The van der Waals surface area contributed by atoms with Crippen molar-refractivity contribution in [1.82, 2.24) is 4.98 Å². The SMILES string of the molecule is Cc1ccnc(Cl)c1C#N. The molecular formula is C7H5ClN2. The van der Waals surface area contributed by atoms with Gasteiger partial charge >= 0.3 is 0 Å². The minimum atomic E-state index is 0.280. The van der Waals surface area contributed by atoms with Crippen molar-refractivity contribution in [2.75, 3.05) is 0 Å². The summed E-state index contributed by atoms with van der Waals surface area (Å²) >= 11 is 5.60. The number of pyridine rings is 1. The van der Waals surface area contributed by atoms with Gasteiger partial charge in [0, 0.05) is 6.20 Å². The molecule has 0 N–H and O–H groups in total. The molecule has 0 atom stereocenters. The normalized spacial score (nSPS) is 8.90. The highest BCUT2D eigenvalue weighted by Crippen LogP contribution is 2.14. The Morgan fingerprint density at radius 2 is 2.40 bits per heavy atom. The third-order valence-electron chi connectivity index (χ3n) is 1.22. The Labute approximate surface area is 64.1 Å². The molecule has 0 radical (unpaired) electrons. The predicted molar refractivity (Wildman–Crippen MR) is 38.7 cm³/mol. The Morgan fingerprint density at radius 1 is 1.70 bits per heavy atom. The molecular weight excluding hydrogens is 148 g/mol. The molecule has 0 spiro atoms. The second-order valence-electron chi connectivity index (χ2n) is 1.91. The molecule has 0 saturated heterocycles. The fraction of sp³-hybridized carbons (Fsp3) is 0.143. The fourth-order valence-electron chi connectivity index (χ4n) is 0.659. The standard InChI is InChI=1S/C7H5ClN2/c1-5-2-3-10-7(8)6(5)4-9/h2-3H,1H3. The maximum atomic E-state index is 8.52. The van der Waals surface area contributed by atoms with Gasteiger partial charge in [0.05, 0.1) is 5.56 Å². The van der Waals surface area contributed by atoms with E-state index in [0.29, 0.717) is 5.56 Å². The zero-order valence-electron chi connectivity index (χ0n) is 5.43. The van der Waals surface area contributed by atoms with Gasteiger partial charge in [0.15, 0.2) is 0 Å². The molecule has 10 heavy (non-hydrogen) atoms. The van der Waals surface area contributed by atoms with Crippen molar-refractivity contribution in [3.05, 3.63) is 28.5 Å². The monoisotopic (exact) mass is 152 g/mol. The molecule has 3 heteroatoms. The van der Waals surface area contributed by atoms with E-state index in [1.165, 1.54) is 0 Å². The van der Waals surface area contributed by atoms with Gasteiger partial charge in [-0.2, -0.15) is 5.26 Å². The number of halogens is 1. The second-order valence-corrected chi connectivity index (χ2v) is 2.26. The van der Waals surface area contributed by atoms with E-state index in [1.54, 1.807) is 12.3 Å². The average molecular weight is 153 g/mol. The molecule has 2 nitrogen and oxygen atoms in total. The van der Waals surface area contributed by atoms with E-state index in [0.717, 1.165) is 5.56 Å². The van der Waals surface area contributed by atoms with Crippen LogP contribution in [0.5, 0.6) is 0 Å². The summed E-state index contributed by atoms with van der Waals surface area (Å²) in [4.78, 5) is 3.75. The lowest BCUT2D eigenvalue weighted by Gasteiger charge is -1.95. The Hall–Kier alpha value is -1.07. The molecule has 1 heterocycles. The Balaban J connectivity index is 3.34. The molecule has 1 rings (SSSR count). The second kappa shape index (κ2) is 2.68. The largest absolute Gasteiger partial charge is 0.243 e. The molecule has 0 aliphatic rings. The summed E-state index contributed by atoms with van der Waals surface area (Å²) in [6, 6.07) is 3.72. The van der Waals surface area contributed by atoms with Crippen LogP contribution in [0, 0.1) is 18.3 Å². The van der Waals surface area contributed by atoms with Crippen molar-refractivity contribution >= 4 is 11.6 Å². The van der Waals surface area contributed by atoms with Gasteiger partial charge in [-0.05, 0) is 18.6 Å². The summed E-state index contributed by atoms with van der Waals surface area (Å²) in [6.07, 6.45) is 1.58. The number of rotatable bonds is 0. The topological polar surface area (TPSA) is 36.7 Å². The molecule has 0 aliphatic heterocycles. The number of aromatic nitrogens is 1. The van der Waals surface area contributed by atoms with Gasteiger partial charge in [0.1, 0.15) is 11.2 Å². The van der Waals surface area contributed by atoms with Crippen LogP contribution in [0.3, 0.4) is 0 Å². The lowest BCUT2D eigenvalue weighted by molar-refractivity contribution is 1.25. The summed E-state index contributed by atoms with van der Waals surface area (Å²) in [5, 5.41) is 8.80. The van der Waals surface area contributed by atoms with Crippen LogP contribution in [0.25, 0.3) is 0 Å². The Morgan fingerprint density at radius 3 is 2.80 bits per heavy atom. The van der Waals surface area contributed by atoms with Gasteiger partial charge in [-0.3, -0.25) is 0 Å². The fourth-order valence-corrected chi connectivity index (χ4v) is 0.907. The smallest absolute Gasteiger partial charge is 0.147 e. The molecule has 0 bridgehead atoms. The van der Waals surface area contributed by atoms with Crippen LogP contribution >= 0.6 is 11.6 Å². The third kappa shape index (κ3) is 1.09. The molecule has 50 valence electrons. The summed E-state index contributed by atoms with van der Waals surface area (Å²) in [6.45, 7) is 1.83. The minimum Gasteiger partial charge on any atom is -0.243 e. The quantitative estimate of drug-likeness (QED) is 0.533. The van der Waals surface area contributed by atoms with Gasteiger partial charge in [-0.1, -0.05) is 11.6 Å². The first-order valence-electron chi connectivity index (χ1n) is 2.77. The van der Waals surface area contributed by atoms with E-state index < -0.39 is 0 Å². The van der Waals surface area contributed by atoms with E-state index in [1.807, 2.05) is 13.0 Å². The number of hydrogen-bond acceptors (Lipinski definition) is 2. The molecule has 1 aromatic rings. The van der Waals surface area contributed by atoms with Gasteiger partial charge in [0.25, 0.3) is 0 Å². The summed E-state index contributed by atoms with van der Waals surface area (Å²) in [5.74, 6) is 0. The molecule has 0 fully saturated rings. The lowest BCUT2D eigenvalue weighted by Crippen LogP contribution is -1.85. The molecule has 0 aromatic carbocycles. The summed E-state index contributed by atoms with van der Waals surface area (Å²) in [5.41, 5.74) is 1.33. The van der Waals surface area contributed by atoms with Crippen LogP contribution < -0.4 is 0 Å². The summed E-state index contributed by atoms with van der Waals surface area (Å²) < 4.78 is 0. The number of nitriles is 1. The highest BCUT2D eigenvalue weighted by atomic mass is 35.5. The number of hydrogen-bond donors (Lipinski definition) is 0. The van der Waals surface area contributed by atoms with E-state index in [-0.39, 0.29) is 5.15 Å². The van der Waals surface area contributed by atoms with Crippen LogP contribution in [0.4, 0.5) is 0 Å². The van der Waals surface area contributed by atoms with Crippen LogP contribution in [0.1, 0.15) is 11.1 Å². The Bertz CT molecular complexity index is 268. The van der Waals surface area contributed by atoms with Gasteiger partial charge in [-0.25, -0.2) is 4.98 Å². The van der Waals surface area contributed by atoms with Crippen molar-refractivity contribution in [2.45, 2.75) is 6.92 Å². The van der Waals surface area contributed by atoms with Crippen molar-refractivity contribution < 1.29 is 0 Å². The predicted octanol–water partition coefficient (Wildman–Crippen LogP) is 1.92. The van der Waals surface area contributed by atoms with E-state index in [9.17, 15) is 0 Å². The van der Waals surface area contributed by atoms with E-state index in [2.05, 4.69) is 4.98 Å². The molecule has 0 saturated carbocycles. The van der Waals surface area contributed by atoms with Crippen LogP contribution in [-0.4, -0.2) is 4.98 Å². The van der Waals surface area contributed by atoms with Gasteiger partial charge < -0.3 is 0 Å². The van der Waals surface area contributed by atoms with Gasteiger partial charge in [0.2, 0.25) is 0 Å². The lowest BCUT2D eigenvalue weighted by atomic mass is 10.2.